The zero-order chi connectivity index (χ0) is 26.9. The van der Waals surface area contributed by atoms with E-state index in [2.05, 4.69) is 15.6 Å². The number of pyridine rings is 1. The van der Waals surface area contributed by atoms with Gasteiger partial charge in [0.05, 0.1) is 23.8 Å². The highest BCUT2D eigenvalue weighted by Gasteiger charge is 2.32. The summed E-state index contributed by atoms with van der Waals surface area (Å²) < 4.78 is 12.9. The number of anilines is 1. The van der Waals surface area contributed by atoms with Crippen molar-refractivity contribution in [3.05, 3.63) is 126 Å². The van der Waals surface area contributed by atoms with Crippen LogP contribution in [0.5, 0.6) is 0 Å². The molecule has 0 saturated carbocycles. The molecule has 7 nitrogen and oxygen atoms in total. The molecule has 1 saturated heterocycles. The number of nitrogens with one attached hydrogen (secondary N) is 2. The molecule has 1 aliphatic rings. The van der Waals surface area contributed by atoms with Crippen molar-refractivity contribution in [1.29, 1.82) is 0 Å². The predicted molar refractivity (Wildman–Crippen MR) is 152 cm³/mol. The second-order valence-corrected chi connectivity index (χ2v) is 10.3. The molecule has 200 valence electrons. The molecule has 8 heteroatoms. The first-order valence-corrected chi connectivity index (χ1v) is 13.9. The minimum Gasteiger partial charge on any atom is -0.392 e. The third-order valence-corrected chi connectivity index (χ3v) is 7.46. The van der Waals surface area contributed by atoms with E-state index in [-0.39, 0.29) is 24.8 Å². The fourth-order valence-electron chi connectivity index (χ4n) is 4.35. The monoisotopic (exact) mass is 541 g/mol. The first-order chi connectivity index (χ1) is 19.2. The minimum atomic E-state index is -0.607. The number of carbonyl (C=O) groups excluding carboxylic acids is 1. The van der Waals surface area contributed by atoms with Crippen molar-refractivity contribution < 1.29 is 19.4 Å². The first kappa shape index (κ1) is 26.9. The van der Waals surface area contributed by atoms with Crippen molar-refractivity contribution in [2.24, 2.45) is 0 Å². The van der Waals surface area contributed by atoms with Crippen LogP contribution in [-0.2, 0) is 22.6 Å². The second-order valence-electron chi connectivity index (χ2n) is 9.25. The summed E-state index contributed by atoms with van der Waals surface area (Å²) in [6, 6.07) is 30.7. The molecule has 4 aromatic rings. The van der Waals surface area contributed by atoms with Gasteiger partial charge in [0.15, 0.2) is 6.29 Å². The normalized spacial score (nSPS) is 18.8. The molecule has 0 bridgehead atoms. The van der Waals surface area contributed by atoms with Crippen molar-refractivity contribution in [2.45, 2.75) is 43.1 Å². The summed E-state index contributed by atoms with van der Waals surface area (Å²) in [5.41, 5.74) is 4.38. The molecule has 5 rings (SSSR count). The lowest BCUT2D eigenvalue weighted by Gasteiger charge is -2.36. The number of thioether (sulfide) groups is 1. The zero-order valence-electron chi connectivity index (χ0n) is 21.4. The van der Waals surface area contributed by atoms with Crippen LogP contribution in [0.2, 0.25) is 0 Å². The van der Waals surface area contributed by atoms with Crippen LogP contribution in [0.3, 0.4) is 0 Å². The van der Waals surface area contributed by atoms with Crippen LogP contribution in [0, 0.1) is 0 Å². The van der Waals surface area contributed by atoms with Crippen LogP contribution in [0.1, 0.15) is 41.1 Å². The van der Waals surface area contributed by atoms with Gasteiger partial charge in [-0.15, -0.1) is 11.8 Å². The molecule has 1 aromatic heterocycles. The number of aliphatic hydroxyl groups is 1. The van der Waals surface area contributed by atoms with Gasteiger partial charge in [-0.1, -0.05) is 72.8 Å². The number of aromatic nitrogens is 1. The Hall–Kier alpha value is -3.69. The lowest BCUT2D eigenvalue weighted by Crippen LogP contribution is -2.31. The standard InChI is InChI=1S/C31H31N3O4S/c35-20-23-12-14-24(15-13-23)28-18-27(21-39-29-11-4-5-16-32-29)37-30(38-28)25-9-6-10-26(17-25)34-31(36)33-19-22-7-2-1-3-8-22/h1-17,27-28,30,35H,18-21H2,(H2,33,34,36). The predicted octanol–water partition coefficient (Wildman–Crippen LogP) is 6.23. The summed E-state index contributed by atoms with van der Waals surface area (Å²) >= 11 is 1.65. The maximum atomic E-state index is 12.5. The average molecular weight is 542 g/mol. The van der Waals surface area contributed by atoms with Gasteiger partial charge in [0.1, 0.15) is 0 Å². The molecule has 1 fully saturated rings. The van der Waals surface area contributed by atoms with Crippen molar-refractivity contribution in [1.82, 2.24) is 10.3 Å². The highest BCUT2D eigenvalue weighted by Crippen LogP contribution is 2.39. The Morgan fingerprint density at radius 1 is 0.897 bits per heavy atom. The number of rotatable bonds is 9. The maximum absolute atomic E-state index is 12.5. The summed E-state index contributed by atoms with van der Waals surface area (Å²) in [5, 5.41) is 16.2. The molecule has 3 aromatic carbocycles. The fraction of sp³-hybridized carbons (Fsp3) is 0.226. The number of hydrogen-bond donors (Lipinski definition) is 3. The smallest absolute Gasteiger partial charge is 0.319 e. The Kier molecular flexibility index (Phi) is 9.24. The van der Waals surface area contributed by atoms with E-state index >= 15 is 0 Å². The van der Waals surface area contributed by atoms with Gasteiger partial charge in [-0.2, -0.15) is 0 Å². The van der Waals surface area contributed by atoms with Gasteiger partial charge in [-0.25, -0.2) is 9.78 Å². The second kappa shape index (κ2) is 13.4. The van der Waals surface area contributed by atoms with Crippen molar-refractivity contribution >= 4 is 23.5 Å². The first-order valence-electron chi connectivity index (χ1n) is 12.9. The van der Waals surface area contributed by atoms with Crippen LogP contribution in [0.4, 0.5) is 10.5 Å². The summed E-state index contributed by atoms with van der Waals surface area (Å²) in [7, 11) is 0. The van der Waals surface area contributed by atoms with E-state index < -0.39 is 6.29 Å². The summed E-state index contributed by atoms with van der Waals surface area (Å²) in [6.07, 6.45) is 1.61. The SMILES string of the molecule is O=C(NCc1ccccc1)Nc1cccc(C2OC(CSc3ccccn3)CC(c3ccc(CO)cc3)O2)c1. The Morgan fingerprint density at radius 3 is 2.49 bits per heavy atom. The molecule has 0 spiro atoms. The Morgan fingerprint density at radius 2 is 1.72 bits per heavy atom. The van der Waals surface area contributed by atoms with Crippen molar-refractivity contribution in [3.8, 4) is 0 Å². The quantitative estimate of drug-likeness (QED) is 0.218. The van der Waals surface area contributed by atoms with E-state index in [0.29, 0.717) is 18.7 Å². The molecule has 2 amide bonds. The van der Waals surface area contributed by atoms with E-state index in [0.717, 1.165) is 33.0 Å². The molecule has 0 aliphatic carbocycles. The number of ether oxygens (including phenoxy) is 2. The summed E-state index contributed by atoms with van der Waals surface area (Å²) in [6.45, 7) is 0.438. The fourth-order valence-corrected chi connectivity index (χ4v) is 5.23. The third kappa shape index (κ3) is 7.68. The molecule has 2 heterocycles. The minimum absolute atomic E-state index is 0.000398. The Balaban J connectivity index is 1.28. The van der Waals surface area contributed by atoms with E-state index in [1.807, 2.05) is 97.1 Å². The van der Waals surface area contributed by atoms with Gasteiger partial charge in [0, 0.05) is 36.2 Å². The van der Waals surface area contributed by atoms with Crippen molar-refractivity contribution in [3.63, 3.8) is 0 Å². The number of nitrogens with zero attached hydrogens (tertiary/aromatic N) is 1. The highest BCUT2D eigenvalue weighted by atomic mass is 32.2. The zero-order valence-corrected chi connectivity index (χ0v) is 22.2. The Labute approximate surface area is 232 Å². The molecule has 3 atom stereocenters. The van der Waals surface area contributed by atoms with E-state index in [9.17, 15) is 9.90 Å². The average Bonchev–Trinajstić information content (AvgIpc) is 3.00. The molecule has 3 N–H and O–H groups in total. The highest BCUT2D eigenvalue weighted by molar-refractivity contribution is 7.99. The van der Waals surface area contributed by atoms with Crippen LogP contribution in [0.15, 0.2) is 108 Å². The van der Waals surface area contributed by atoms with E-state index in [1.54, 1.807) is 18.0 Å². The van der Waals surface area contributed by atoms with Crippen LogP contribution in [-0.4, -0.2) is 28.0 Å². The maximum Gasteiger partial charge on any atom is 0.319 e. The topological polar surface area (TPSA) is 92.7 Å². The van der Waals surface area contributed by atoms with Crippen LogP contribution >= 0.6 is 11.8 Å². The van der Waals surface area contributed by atoms with Gasteiger partial charge < -0.3 is 25.2 Å². The summed E-state index contributed by atoms with van der Waals surface area (Å²) in [5.74, 6) is 0.724. The molecular formula is C31H31N3O4S. The number of carbonyl (C=O) groups is 1. The number of aliphatic hydroxyl groups excluding tert-OH is 1. The van der Waals surface area contributed by atoms with Gasteiger partial charge in [-0.05, 0) is 41.0 Å². The van der Waals surface area contributed by atoms with Gasteiger partial charge in [-0.3, -0.25) is 0 Å². The lowest BCUT2D eigenvalue weighted by molar-refractivity contribution is -0.245. The Bertz CT molecular complexity index is 1340. The molecule has 0 radical (unpaired) electrons. The van der Waals surface area contributed by atoms with Gasteiger partial charge >= 0.3 is 6.03 Å². The van der Waals surface area contributed by atoms with Gasteiger partial charge in [0.2, 0.25) is 0 Å². The number of benzene rings is 3. The lowest BCUT2D eigenvalue weighted by atomic mass is 10.0. The number of hydrogen-bond acceptors (Lipinski definition) is 6. The largest absolute Gasteiger partial charge is 0.392 e. The molecule has 3 unspecified atom stereocenters. The van der Waals surface area contributed by atoms with E-state index in [1.165, 1.54) is 0 Å². The number of amides is 2. The molecule has 1 aliphatic heterocycles. The van der Waals surface area contributed by atoms with Crippen molar-refractivity contribution in [2.75, 3.05) is 11.1 Å². The third-order valence-electron chi connectivity index (χ3n) is 6.38. The van der Waals surface area contributed by atoms with Gasteiger partial charge in [0.25, 0.3) is 0 Å². The molecular weight excluding hydrogens is 510 g/mol. The van der Waals surface area contributed by atoms with E-state index in [4.69, 9.17) is 9.47 Å². The molecule has 39 heavy (non-hydrogen) atoms. The summed E-state index contributed by atoms with van der Waals surface area (Å²) in [4.78, 5) is 16.9. The van der Waals surface area contributed by atoms with Crippen LogP contribution < -0.4 is 10.6 Å². The van der Waals surface area contributed by atoms with Crippen LogP contribution in [0.25, 0.3) is 0 Å². The number of urea groups is 1.